The van der Waals surface area contributed by atoms with Crippen LogP contribution in [0.1, 0.15) is 19.3 Å². The zero-order chi connectivity index (χ0) is 11.0. The lowest BCUT2D eigenvalue weighted by molar-refractivity contribution is -0.135. The van der Waals surface area contributed by atoms with Crippen LogP contribution in [0.25, 0.3) is 0 Å². The van der Waals surface area contributed by atoms with Crippen molar-refractivity contribution in [3.8, 4) is 0 Å². The first-order chi connectivity index (χ1) is 7.13. The summed E-state index contributed by atoms with van der Waals surface area (Å²) in [5.41, 5.74) is 0. The highest BCUT2D eigenvalue weighted by atomic mass is 16.2. The zero-order valence-corrected chi connectivity index (χ0v) is 8.23. The normalized spacial score (nSPS) is 24.9. The van der Waals surface area contributed by atoms with E-state index < -0.39 is 6.04 Å². The topological polar surface area (TPSA) is 66.5 Å². The molecule has 1 aliphatic heterocycles. The van der Waals surface area contributed by atoms with E-state index in [9.17, 15) is 14.4 Å². The summed E-state index contributed by atoms with van der Waals surface area (Å²) in [5, 5.41) is 2.20. The third-order valence-corrected chi connectivity index (χ3v) is 2.65. The van der Waals surface area contributed by atoms with Gasteiger partial charge in [0, 0.05) is 6.04 Å². The van der Waals surface area contributed by atoms with Crippen LogP contribution in [0.5, 0.6) is 0 Å². The summed E-state index contributed by atoms with van der Waals surface area (Å²) in [7, 11) is 0. The molecule has 1 heterocycles. The third-order valence-electron chi connectivity index (χ3n) is 2.65. The van der Waals surface area contributed by atoms with Crippen molar-refractivity contribution in [2.75, 3.05) is 0 Å². The Labute approximate surface area is 87.1 Å². The second kappa shape index (κ2) is 3.49. The van der Waals surface area contributed by atoms with Crippen LogP contribution < -0.4 is 5.32 Å². The van der Waals surface area contributed by atoms with Gasteiger partial charge < -0.3 is 4.90 Å². The van der Waals surface area contributed by atoms with Gasteiger partial charge in [-0.15, -0.1) is 0 Å². The number of carbonyl (C=O) groups excluding carboxylic acids is 3. The Morgan fingerprint density at radius 3 is 2.53 bits per heavy atom. The van der Waals surface area contributed by atoms with Crippen LogP contribution in [-0.4, -0.2) is 34.7 Å². The summed E-state index contributed by atoms with van der Waals surface area (Å²) in [6.07, 6.45) is 3.07. The number of nitrogens with one attached hydrogen (secondary N) is 1. The van der Waals surface area contributed by atoms with Crippen molar-refractivity contribution in [3.63, 3.8) is 0 Å². The lowest BCUT2D eigenvalue weighted by Crippen LogP contribution is -2.45. The summed E-state index contributed by atoms with van der Waals surface area (Å²) >= 11 is 0. The highest BCUT2D eigenvalue weighted by molar-refractivity contribution is 6.07. The molecule has 0 aromatic carbocycles. The number of hydrogen-bond donors (Lipinski definition) is 1. The van der Waals surface area contributed by atoms with Crippen molar-refractivity contribution in [3.05, 3.63) is 12.7 Å². The molecule has 2 rings (SSSR count). The summed E-state index contributed by atoms with van der Waals surface area (Å²) in [5.74, 6) is -0.957. The number of amides is 3. The molecule has 80 valence electrons. The first-order valence-electron chi connectivity index (χ1n) is 4.92. The fourth-order valence-corrected chi connectivity index (χ4v) is 1.81. The minimum atomic E-state index is -0.629. The maximum atomic E-state index is 11.5. The molecule has 1 aliphatic carbocycles. The van der Waals surface area contributed by atoms with Crippen LogP contribution >= 0.6 is 0 Å². The minimum Gasteiger partial charge on any atom is -0.324 e. The molecule has 2 aliphatic rings. The maximum absolute atomic E-state index is 11.5. The molecule has 2 fully saturated rings. The van der Waals surface area contributed by atoms with E-state index in [2.05, 4.69) is 11.9 Å². The Kier molecular flexibility index (Phi) is 2.30. The van der Waals surface area contributed by atoms with E-state index in [0.29, 0.717) is 0 Å². The first kappa shape index (κ1) is 9.89. The van der Waals surface area contributed by atoms with E-state index in [0.717, 1.165) is 12.8 Å². The maximum Gasteiger partial charge on any atom is 0.249 e. The van der Waals surface area contributed by atoms with Crippen LogP contribution in [0.3, 0.4) is 0 Å². The SMILES string of the molecule is C=CC(=O)N(C1CC1)[C@@H]1CC(=O)NC1=O. The second-order valence-corrected chi connectivity index (χ2v) is 3.81. The molecule has 1 saturated heterocycles. The second-order valence-electron chi connectivity index (χ2n) is 3.81. The predicted octanol–water partition coefficient (Wildman–Crippen LogP) is -0.422. The fourth-order valence-electron chi connectivity index (χ4n) is 1.81. The van der Waals surface area contributed by atoms with Gasteiger partial charge in [0.2, 0.25) is 17.7 Å². The third kappa shape index (κ3) is 1.77. The van der Waals surface area contributed by atoms with Crippen LogP contribution in [0.4, 0.5) is 0 Å². The molecular formula is C10H12N2O3. The van der Waals surface area contributed by atoms with E-state index >= 15 is 0 Å². The molecule has 1 saturated carbocycles. The molecule has 0 aromatic heterocycles. The Balaban J connectivity index is 2.17. The molecule has 0 radical (unpaired) electrons. The molecule has 0 bridgehead atoms. The quantitative estimate of drug-likeness (QED) is 0.506. The van der Waals surface area contributed by atoms with Crippen molar-refractivity contribution in [2.24, 2.45) is 0 Å². The van der Waals surface area contributed by atoms with E-state index in [4.69, 9.17) is 0 Å². The summed E-state index contributed by atoms with van der Waals surface area (Å²) in [6.45, 7) is 3.40. The van der Waals surface area contributed by atoms with Crippen LogP contribution in [0.2, 0.25) is 0 Å². The fraction of sp³-hybridized carbons (Fsp3) is 0.500. The molecule has 0 spiro atoms. The highest BCUT2D eigenvalue weighted by Crippen LogP contribution is 2.30. The smallest absolute Gasteiger partial charge is 0.249 e. The van der Waals surface area contributed by atoms with Gasteiger partial charge >= 0.3 is 0 Å². The molecule has 5 heteroatoms. The minimum absolute atomic E-state index is 0.0783. The zero-order valence-electron chi connectivity index (χ0n) is 8.23. The average molecular weight is 208 g/mol. The van der Waals surface area contributed by atoms with Crippen molar-refractivity contribution in [1.29, 1.82) is 0 Å². The average Bonchev–Trinajstić information content (AvgIpc) is 2.95. The van der Waals surface area contributed by atoms with Crippen LogP contribution in [0.15, 0.2) is 12.7 Å². The van der Waals surface area contributed by atoms with Gasteiger partial charge in [-0.25, -0.2) is 0 Å². The lowest BCUT2D eigenvalue weighted by atomic mass is 10.2. The molecule has 0 unspecified atom stereocenters. The predicted molar refractivity (Wildman–Crippen MR) is 51.6 cm³/mol. The van der Waals surface area contributed by atoms with E-state index in [1.165, 1.54) is 11.0 Å². The van der Waals surface area contributed by atoms with E-state index in [-0.39, 0.29) is 30.2 Å². The number of rotatable bonds is 3. The Morgan fingerprint density at radius 2 is 2.13 bits per heavy atom. The van der Waals surface area contributed by atoms with Crippen molar-refractivity contribution >= 4 is 17.7 Å². The summed E-state index contributed by atoms with van der Waals surface area (Å²) < 4.78 is 0. The molecule has 1 atom stereocenters. The molecule has 5 nitrogen and oxygen atoms in total. The largest absolute Gasteiger partial charge is 0.324 e. The van der Waals surface area contributed by atoms with E-state index in [1.54, 1.807) is 0 Å². The standard InChI is InChI=1S/C10H12N2O3/c1-2-9(14)12(6-3-4-6)7-5-8(13)11-10(7)15/h2,6-7H,1,3-5H2,(H,11,13,15)/t7-/m1/s1. The van der Waals surface area contributed by atoms with Gasteiger partial charge in [0.05, 0.1) is 6.42 Å². The Hall–Kier alpha value is -1.65. The van der Waals surface area contributed by atoms with Crippen molar-refractivity contribution in [2.45, 2.75) is 31.3 Å². The van der Waals surface area contributed by atoms with Gasteiger partial charge in [0.15, 0.2) is 0 Å². The molecular weight excluding hydrogens is 196 g/mol. The lowest BCUT2D eigenvalue weighted by Gasteiger charge is -2.25. The van der Waals surface area contributed by atoms with E-state index in [1.807, 2.05) is 0 Å². The molecule has 0 aromatic rings. The number of nitrogens with zero attached hydrogens (tertiary/aromatic N) is 1. The Bertz CT molecular complexity index is 347. The van der Waals surface area contributed by atoms with Crippen LogP contribution in [0, 0.1) is 0 Å². The monoisotopic (exact) mass is 208 g/mol. The molecule has 3 amide bonds. The van der Waals surface area contributed by atoms with Crippen molar-refractivity contribution < 1.29 is 14.4 Å². The summed E-state index contributed by atoms with van der Waals surface area (Å²) in [4.78, 5) is 35.5. The number of imide groups is 1. The van der Waals surface area contributed by atoms with Gasteiger partial charge in [-0.2, -0.15) is 0 Å². The highest BCUT2D eigenvalue weighted by Gasteiger charge is 2.43. The van der Waals surface area contributed by atoms with Crippen molar-refractivity contribution in [1.82, 2.24) is 10.2 Å². The summed E-state index contributed by atoms with van der Waals surface area (Å²) in [6, 6.07) is -0.521. The number of carbonyl (C=O) groups is 3. The molecule has 1 N–H and O–H groups in total. The van der Waals surface area contributed by atoms with Gasteiger partial charge in [-0.1, -0.05) is 6.58 Å². The first-order valence-corrected chi connectivity index (χ1v) is 4.92. The van der Waals surface area contributed by atoms with Gasteiger partial charge in [-0.3, -0.25) is 19.7 Å². The van der Waals surface area contributed by atoms with Crippen LogP contribution in [-0.2, 0) is 14.4 Å². The Morgan fingerprint density at radius 1 is 1.47 bits per heavy atom. The van der Waals surface area contributed by atoms with Gasteiger partial charge in [0.1, 0.15) is 6.04 Å². The van der Waals surface area contributed by atoms with Gasteiger partial charge in [-0.05, 0) is 18.9 Å². The number of hydrogen-bond acceptors (Lipinski definition) is 3. The van der Waals surface area contributed by atoms with Gasteiger partial charge in [0.25, 0.3) is 0 Å². The molecule has 15 heavy (non-hydrogen) atoms.